The number of hydrogen-bond donors (Lipinski definition) is 2. The molecule has 0 atom stereocenters. The maximum absolute atomic E-state index is 12.0. The average Bonchev–Trinajstić information content (AvgIpc) is 3.33. The standard InChI is InChI=1S/C23H22ClN7O2/c1-25-22(32)17-9-16(21(24)19(10-17)33-2)7-6-15-11-27-23(28-12-15)30-18-13-29-31(14-18)20-5-3-4-8-26-20/h3-5,8-14H,6-7H2,1-2H3,(H,25,32)(H,27,28,30). The maximum Gasteiger partial charge on any atom is 0.251 e. The van der Waals surface area contributed by atoms with Crippen molar-refractivity contribution >= 4 is 29.1 Å². The van der Waals surface area contributed by atoms with E-state index >= 15 is 0 Å². The summed E-state index contributed by atoms with van der Waals surface area (Å²) in [6.45, 7) is 0. The van der Waals surface area contributed by atoms with Crippen molar-refractivity contribution in [1.29, 1.82) is 0 Å². The Morgan fingerprint density at radius 1 is 1.12 bits per heavy atom. The molecule has 168 valence electrons. The Kier molecular flexibility index (Phi) is 6.80. The number of hydrogen-bond acceptors (Lipinski definition) is 7. The molecule has 1 aromatic carbocycles. The van der Waals surface area contributed by atoms with Crippen LogP contribution in [-0.4, -0.2) is 44.8 Å². The Morgan fingerprint density at radius 2 is 1.94 bits per heavy atom. The molecule has 3 aromatic heterocycles. The van der Waals surface area contributed by atoms with E-state index in [0.717, 1.165) is 22.6 Å². The summed E-state index contributed by atoms with van der Waals surface area (Å²) in [5.41, 5.74) is 3.00. The van der Waals surface area contributed by atoms with Gasteiger partial charge in [0.15, 0.2) is 5.82 Å². The third-order valence-electron chi connectivity index (χ3n) is 4.93. The predicted molar refractivity (Wildman–Crippen MR) is 125 cm³/mol. The fourth-order valence-corrected chi connectivity index (χ4v) is 3.50. The highest BCUT2D eigenvalue weighted by atomic mass is 35.5. The molecule has 2 N–H and O–H groups in total. The number of pyridine rings is 1. The zero-order valence-corrected chi connectivity index (χ0v) is 18.9. The van der Waals surface area contributed by atoms with Gasteiger partial charge in [-0.1, -0.05) is 17.7 Å². The van der Waals surface area contributed by atoms with Crippen molar-refractivity contribution in [2.75, 3.05) is 19.5 Å². The second-order valence-corrected chi connectivity index (χ2v) is 7.51. The van der Waals surface area contributed by atoms with Gasteiger partial charge in [-0.25, -0.2) is 19.6 Å². The molecule has 0 unspecified atom stereocenters. The Hall–Kier alpha value is -3.98. The lowest BCUT2D eigenvalue weighted by atomic mass is 10.0. The number of aryl methyl sites for hydroxylation is 2. The molecule has 4 rings (SSSR count). The minimum absolute atomic E-state index is 0.198. The van der Waals surface area contributed by atoms with E-state index in [1.165, 1.54) is 7.11 Å². The van der Waals surface area contributed by atoms with Crippen molar-refractivity contribution in [3.63, 3.8) is 0 Å². The number of rotatable bonds is 8. The normalized spacial score (nSPS) is 10.6. The van der Waals surface area contributed by atoms with Crippen LogP contribution in [0, 0.1) is 0 Å². The second kappa shape index (κ2) is 10.1. The number of benzene rings is 1. The van der Waals surface area contributed by atoms with Gasteiger partial charge >= 0.3 is 0 Å². The van der Waals surface area contributed by atoms with E-state index in [1.54, 1.807) is 48.6 Å². The van der Waals surface area contributed by atoms with Crippen LogP contribution < -0.4 is 15.4 Å². The number of nitrogens with one attached hydrogen (secondary N) is 2. The minimum atomic E-state index is -0.198. The van der Waals surface area contributed by atoms with Crippen LogP contribution in [0.3, 0.4) is 0 Å². The average molecular weight is 464 g/mol. The molecule has 0 aliphatic carbocycles. The van der Waals surface area contributed by atoms with Crippen LogP contribution in [0.25, 0.3) is 5.82 Å². The monoisotopic (exact) mass is 463 g/mol. The maximum atomic E-state index is 12.0. The van der Waals surface area contributed by atoms with E-state index in [-0.39, 0.29) is 5.91 Å². The van der Waals surface area contributed by atoms with Crippen LogP contribution in [0.4, 0.5) is 11.6 Å². The van der Waals surface area contributed by atoms with Gasteiger partial charge in [-0.3, -0.25) is 4.79 Å². The number of aromatic nitrogens is 5. The van der Waals surface area contributed by atoms with Crippen molar-refractivity contribution in [2.45, 2.75) is 12.8 Å². The molecule has 0 spiro atoms. The lowest BCUT2D eigenvalue weighted by Crippen LogP contribution is -2.18. The number of amides is 1. The van der Waals surface area contributed by atoms with Crippen LogP contribution >= 0.6 is 11.6 Å². The minimum Gasteiger partial charge on any atom is -0.495 e. The summed E-state index contributed by atoms with van der Waals surface area (Å²) in [6.07, 6.45) is 9.97. The molecule has 33 heavy (non-hydrogen) atoms. The molecular formula is C23H22ClN7O2. The zero-order chi connectivity index (χ0) is 23.2. The predicted octanol–water partition coefficient (Wildman–Crippen LogP) is 3.61. The molecule has 0 saturated heterocycles. The number of halogens is 1. The first-order valence-electron chi connectivity index (χ1n) is 10.2. The van der Waals surface area contributed by atoms with Crippen molar-refractivity contribution in [3.05, 3.63) is 83.0 Å². The largest absolute Gasteiger partial charge is 0.495 e. The fourth-order valence-electron chi connectivity index (χ4n) is 3.22. The summed E-state index contributed by atoms with van der Waals surface area (Å²) in [7, 11) is 3.11. The molecule has 10 heteroatoms. The van der Waals surface area contributed by atoms with Gasteiger partial charge in [0.25, 0.3) is 5.91 Å². The molecule has 0 bridgehead atoms. The van der Waals surface area contributed by atoms with Crippen molar-refractivity contribution < 1.29 is 9.53 Å². The van der Waals surface area contributed by atoms with Crippen LogP contribution in [0.15, 0.2) is 61.3 Å². The van der Waals surface area contributed by atoms with Crippen molar-refractivity contribution in [2.24, 2.45) is 0 Å². The van der Waals surface area contributed by atoms with Crippen LogP contribution in [0.2, 0.25) is 5.02 Å². The Balaban J connectivity index is 1.41. The molecule has 9 nitrogen and oxygen atoms in total. The van der Waals surface area contributed by atoms with Gasteiger partial charge in [0, 0.05) is 31.2 Å². The summed E-state index contributed by atoms with van der Waals surface area (Å²) < 4.78 is 6.99. The molecule has 0 radical (unpaired) electrons. The first-order chi connectivity index (χ1) is 16.1. The first-order valence-corrected chi connectivity index (χ1v) is 10.6. The quantitative estimate of drug-likeness (QED) is 0.411. The molecule has 0 aliphatic rings. The van der Waals surface area contributed by atoms with Crippen LogP contribution in [-0.2, 0) is 12.8 Å². The Morgan fingerprint density at radius 3 is 2.64 bits per heavy atom. The number of anilines is 2. The molecule has 3 heterocycles. The van der Waals surface area contributed by atoms with E-state index in [9.17, 15) is 4.79 Å². The molecule has 1 amide bonds. The number of carbonyl (C=O) groups excluding carboxylic acids is 1. The number of methoxy groups -OCH3 is 1. The topological polar surface area (TPSA) is 107 Å². The molecule has 0 aliphatic heterocycles. The van der Waals surface area contributed by atoms with Gasteiger partial charge in [0.1, 0.15) is 5.75 Å². The van der Waals surface area contributed by atoms with Gasteiger partial charge in [0.05, 0.1) is 30.2 Å². The SMILES string of the molecule is CNC(=O)c1cc(CCc2cnc(Nc3cnn(-c4ccccn4)c3)nc2)c(Cl)c(OC)c1. The van der Waals surface area contributed by atoms with Crippen LogP contribution in [0.5, 0.6) is 5.75 Å². The molecular weight excluding hydrogens is 442 g/mol. The first kappa shape index (κ1) is 22.2. The third-order valence-corrected chi connectivity index (χ3v) is 5.36. The molecule has 4 aromatic rings. The molecule has 0 fully saturated rings. The summed E-state index contributed by atoms with van der Waals surface area (Å²) in [6, 6.07) is 9.03. The van der Waals surface area contributed by atoms with E-state index in [0.29, 0.717) is 35.1 Å². The lowest BCUT2D eigenvalue weighted by Gasteiger charge is -2.12. The fraction of sp³-hybridized carbons (Fsp3) is 0.174. The van der Waals surface area contributed by atoms with Crippen LogP contribution in [0.1, 0.15) is 21.5 Å². The van der Waals surface area contributed by atoms with Gasteiger partial charge in [0.2, 0.25) is 5.95 Å². The third kappa shape index (κ3) is 5.27. The van der Waals surface area contributed by atoms with Gasteiger partial charge in [-0.2, -0.15) is 5.10 Å². The Bertz CT molecular complexity index is 1240. The summed E-state index contributed by atoms with van der Waals surface area (Å²) in [4.78, 5) is 25.1. The molecule has 0 saturated carbocycles. The Labute approximate surface area is 195 Å². The highest BCUT2D eigenvalue weighted by Crippen LogP contribution is 2.31. The van der Waals surface area contributed by atoms with Gasteiger partial charge in [-0.05, 0) is 48.2 Å². The summed E-state index contributed by atoms with van der Waals surface area (Å²) >= 11 is 6.45. The number of carbonyl (C=O) groups is 1. The second-order valence-electron chi connectivity index (χ2n) is 7.13. The van der Waals surface area contributed by atoms with Crippen molar-refractivity contribution in [3.8, 4) is 11.6 Å². The van der Waals surface area contributed by atoms with E-state index in [4.69, 9.17) is 16.3 Å². The summed E-state index contributed by atoms with van der Waals surface area (Å²) in [5, 5.41) is 10.5. The smallest absolute Gasteiger partial charge is 0.251 e. The highest BCUT2D eigenvalue weighted by molar-refractivity contribution is 6.33. The summed E-state index contributed by atoms with van der Waals surface area (Å²) in [5.74, 6) is 1.45. The lowest BCUT2D eigenvalue weighted by molar-refractivity contribution is 0.0962. The van der Waals surface area contributed by atoms with Gasteiger partial charge in [-0.15, -0.1) is 0 Å². The van der Waals surface area contributed by atoms with E-state index in [2.05, 4.69) is 30.7 Å². The van der Waals surface area contributed by atoms with Gasteiger partial charge < -0.3 is 15.4 Å². The highest BCUT2D eigenvalue weighted by Gasteiger charge is 2.14. The number of nitrogens with zero attached hydrogens (tertiary/aromatic N) is 5. The zero-order valence-electron chi connectivity index (χ0n) is 18.1. The van der Waals surface area contributed by atoms with E-state index < -0.39 is 0 Å². The number of ether oxygens (including phenoxy) is 1. The van der Waals surface area contributed by atoms with Crippen molar-refractivity contribution in [1.82, 2.24) is 30.0 Å². The van der Waals surface area contributed by atoms with E-state index in [1.807, 2.05) is 24.4 Å².